The summed E-state index contributed by atoms with van der Waals surface area (Å²) in [5.74, 6) is -15.0. The summed E-state index contributed by atoms with van der Waals surface area (Å²) in [5, 5.41) is 0. The van der Waals surface area contributed by atoms with Crippen LogP contribution < -0.4 is 0 Å². The fraction of sp³-hybridized carbons (Fsp3) is 0.300. The third kappa shape index (κ3) is 3.00. The zero-order chi connectivity index (χ0) is 15.9. The molecule has 0 heterocycles. The molecule has 0 aromatic heterocycles. The van der Waals surface area contributed by atoms with E-state index < -0.39 is 29.4 Å². The molecule has 112 valence electrons. The molecule has 20 heavy (non-hydrogen) atoms. The number of carbonyl (C=O) groups is 1. The predicted octanol–water partition coefficient (Wildman–Crippen LogP) is 5.23. The largest absolute Gasteiger partial charge is 0.460 e. The van der Waals surface area contributed by atoms with Crippen molar-refractivity contribution < 1.29 is 35.5 Å². The van der Waals surface area contributed by atoms with Crippen LogP contribution in [-0.2, 0) is 0 Å². The molecule has 0 aliphatic rings. The number of alkyl halides is 7. The summed E-state index contributed by atoms with van der Waals surface area (Å²) < 4.78 is 87.8. The molecule has 0 radical (unpaired) electrons. The van der Waals surface area contributed by atoms with Crippen molar-refractivity contribution in [2.75, 3.05) is 0 Å². The first-order chi connectivity index (χ1) is 8.80. The molecule has 0 unspecified atom stereocenters. The molecule has 1 nitrogen and oxygen atoms in total. The van der Waals surface area contributed by atoms with Crippen LogP contribution in [0.4, 0.5) is 30.7 Å². The molecule has 0 spiro atoms. The number of Topliss-reactive ketones (excluding diaryl/α,β-unsaturated/α-hetero) is 1. The first-order valence-corrected chi connectivity index (χ1v) is 6.22. The fourth-order valence-electron chi connectivity index (χ4n) is 1.19. The molecule has 0 atom stereocenters. The Labute approximate surface area is 124 Å². The van der Waals surface area contributed by atoms with Crippen LogP contribution in [0.1, 0.15) is 10.4 Å². The standard InChI is InChI=1S/C10H3Br2F7O/c11-5-1-4(2-6(12)3-5)7(20)8(13,14)9(15,16)10(17,18)19/h1-3H. The average Bonchev–Trinajstić information content (AvgIpc) is 2.24. The molecular formula is C10H3Br2F7O. The second-order valence-corrected chi connectivity index (χ2v) is 5.47. The maximum atomic E-state index is 13.2. The Morgan fingerprint density at radius 1 is 0.850 bits per heavy atom. The summed E-state index contributed by atoms with van der Waals surface area (Å²) in [5.41, 5.74) is -0.986. The number of rotatable bonds is 3. The van der Waals surface area contributed by atoms with E-state index in [-0.39, 0.29) is 8.95 Å². The molecule has 1 rings (SSSR count). The van der Waals surface area contributed by atoms with E-state index in [4.69, 9.17) is 0 Å². The zero-order valence-corrected chi connectivity index (χ0v) is 12.2. The third-order valence-corrected chi connectivity index (χ3v) is 3.08. The predicted molar refractivity (Wildman–Crippen MR) is 62.1 cm³/mol. The summed E-state index contributed by atoms with van der Waals surface area (Å²) in [7, 11) is 0. The van der Waals surface area contributed by atoms with Crippen LogP contribution in [0.5, 0.6) is 0 Å². The van der Waals surface area contributed by atoms with Crippen LogP contribution in [-0.4, -0.2) is 23.8 Å². The lowest BCUT2D eigenvalue weighted by Gasteiger charge is -2.27. The Morgan fingerprint density at radius 2 is 1.25 bits per heavy atom. The monoisotopic (exact) mass is 430 g/mol. The van der Waals surface area contributed by atoms with Crippen molar-refractivity contribution in [1.82, 2.24) is 0 Å². The van der Waals surface area contributed by atoms with E-state index in [2.05, 4.69) is 31.9 Å². The van der Waals surface area contributed by atoms with Crippen molar-refractivity contribution >= 4 is 37.6 Å². The lowest BCUT2D eigenvalue weighted by Crippen LogP contribution is -2.56. The molecule has 0 fully saturated rings. The highest BCUT2D eigenvalue weighted by molar-refractivity contribution is 9.11. The van der Waals surface area contributed by atoms with Crippen molar-refractivity contribution in [3.8, 4) is 0 Å². The van der Waals surface area contributed by atoms with Gasteiger partial charge in [0.2, 0.25) is 5.78 Å². The lowest BCUT2D eigenvalue weighted by molar-refractivity contribution is -0.339. The SMILES string of the molecule is O=C(c1cc(Br)cc(Br)c1)C(F)(F)C(F)(F)C(F)(F)F. The average molecular weight is 432 g/mol. The molecule has 0 amide bonds. The first-order valence-electron chi connectivity index (χ1n) is 4.64. The lowest BCUT2D eigenvalue weighted by atomic mass is 10.00. The van der Waals surface area contributed by atoms with E-state index in [9.17, 15) is 35.5 Å². The maximum absolute atomic E-state index is 13.2. The second kappa shape index (κ2) is 5.28. The first kappa shape index (κ1) is 17.4. The van der Waals surface area contributed by atoms with E-state index in [1.54, 1.807) is 0 Å². The van der Waals surface area contributed by atoms with Crippen LogP contribution in [0.2, 0.25) is 0 Å². The van der Waals surface area contributed by atoms with Crippen LogP contribution >= 0.6 is 31.9 Å². The van der Waals surface area contributed by atoms with Crippen LogP contribution in [0.15, 0.2) is 27.1 Å². The number of ketones is 1. The minimum atomic E-state index is -6.55. The normalized spacial score (nSPS) is 13.4. The molecule has 0 N–H and O–H groups in total. The van der Waals surface area contributed by atoms with Gasteiger partial charge in [0.1, 0.15) is 0 Å². The Bertz CT molecular complexity index is 519. The minimum Gasteiger partial charge on any atom is -0.287 e. The molecule has 0 saturated heterocycles. The summed E-state index contributed by atoms with van der Waals surface area (Å²) in [6.07, 6.45) is -6.55. The molecule has 0 saturated carbocycles. The van der Waals surface area contributed by atoms with Gasteiger partial charge in [-0.2, -0.15) is 30.7 Å². The minimum absolute atomic E-state index is 0.0568. The summed E-state index contributed by atoms with van der Waals surface area (Å²) in [6, 6.07) is 2.72. The van der Waals surface area contributed by atoms with Crippen molar-refractivity contribution in [3.63, 3.8) is 0 Å². The number of benzene rings is 1. The smallest absolute Gasteiger partial charge is 0.287 e. The van der Waals surface area contributed by atoms with Gasteiger partial charge in [0.15, 0.2) is 0 Å². The number of hydrogen-bond donors (Lipinski definition) is 0. The van der Waals surface area contributed by atoms with E-state index in [0.717, 1.165) is 0 Å². The van der Waals surface area contributed by atoms with Crippen molar-refractivity contribution in [1.29, 1.82) is 0 Å². The van der Waals surface area contributed by atoms with Crippen LogP contribution in [0.25, 0.3) is 0 Å². The zero-order valence-electron chi connectivity index (χ0n) is 9.04. The van der Waals surface area contributed by atoms with Crippen molar-refractivity contribution in [3.05, 3.63) is 32.7 Å². The van der Waals surface area contributed by atoms with Gasteiger partial charge in [0.05, 0.1) is 0 Å². The fourth-order valence-corrected chi connectivity index (χ4v) is 2.48. The van der Waals surface area contributed by atoms with Crippen LogP contribution in [0.3, 0.4) is 0 Å². The molecule has 0 aliphatic heterocycles. The Kier molecular flexibility index (Phi) is 4.60. The molecule has 0 bridgehead atoms. The van der Waals surface area contributed by atoms with Gasteiger partial charge in [-0.3, -0.25) is 4.79 Å². The molecule has 1 aromatic carbocycles. The Balaban J connectivity index is 3.31. The van der Waals surface area contributed by atoms with Gasteiger partial charge in [-0.05, 0) is 18.2 Å². The molecule has 0 aliphatic carbocycles. The van der Waals surface area contributed by atoms with Gasteiger partial charge < -0.3 is 0 Å². The van der Waals surface area contributed by atoms with E-state index in [1.807, 2.05) is 0 Å². The van der Waals surface area contributed by atoms with Gasteiger partial charge in [-0.15, -0.1) is 0 Å². The van der Waals surface area contributed by atoms with Gasteiger partial charge in [-0.1, -0.05) is 31.9 Å². The number of halogens is 9. The van der Waals surface area contributed by atoms with Gasteiger partial charge >= 0.3 is 18.0 Å². The van der Waals surface area contributed by atoms with E-state index in [1.165, 1.54) is 6.07 Å². The highest BCUT2D eigenvalue weighted by Gasteiger charge is 2.76. The third-order valence-electron chi connectivity index (χ3n) is 2.16. The molecular weight excluding hydrogens is 429 g/mol. The van der Waals surface area contributed by atoms with E-state index >= 15 is 0 Å². The van der Waals surface area contributed by atoms with Crippen LogP contribution in [0, 0.1) is 0 Å². The highest BCUT2D eigenvalue weighted by atomic mass is 79.9. The number of carbonyl (C=O) groups excluding carboxylic acids is 1. The number of hydrogen-bond acceptors (Lipinski definition) is 1. The van der Waals surface area contributed by atoms with E-state index in [0.29, 0.717) is 12.1 Å². The second-order valence-electron chi connectivity index (χ2n) is 3.63. The molecule has 1 aromatic rings. The Hall–Kier alpha value is -0.640. The van der Waals surface area contributed by atoms with Crippen molar-refractivity contribution in [2.45, 2.75) is 18.0 Å². The molecule has 10 heteroatoms. The summed E-state index contributed by atoms with van der Waals surface area (Å²) in [6.45, 7) is 0. The van der Waals surface area contributed by atoms with Gasteiger partial charge in [-0.25, -0.2) is 0 Å². The Morgan fingerprint density at radius 3 is 1.60 bits per heavy atom. The summed E-state index contributed by atoms with van der Waals surface area (Å²) >= 11 is 5.60. The van der Waals surface area contributed by atoms with Gasteiger partial charge in [0.25, 0.3) is 0 Å². The topological polar surface area (TPSA) is 17.1 Å². The van der Waals surface area contributed by atoms with Crippen molar-refractivity contribution in [2.24, 2.45) is 0 Å². The van der Waals surface area contributed by atoms with Gasteiger partial charge in [0, 0.05) is 14.5 Å². The highest BCUT2D eigenvalue weighted by Crippen LogP contribution is 2.48. The summed E-state index contributed by atoms with van der Waals surface area (Å²) in [4.78, 5) is 11.3. The maximum Gasteiger partial charge on any atom is 0.460 e. The quantitative estimate of drug-likeness (QED) is 0.473.